The minimum atomic E-state index is 0.0662. The molecule has 4 heteroatoms. The Balaban J connectivity index is 1.88. The molecule has 2 N–H and O–H groups in total. The van der Waals surface area contributed by atoms with Crippen molar-refractivity contribution in [3.8, 4) is 0 Å². The van der Waals surface area contributed by atoms with Crippen LogP contribution in [0.2, 0.25) is 0 Å². The molecule has 0 radical (unpaired) electrons. The Morgan fingerprint density at radius 1 is 1.29 bits per heavy atom. The molecule has 2 heterocycles. The Hall–Kier alpha value is -0.870. The van der Waals surface area contributed by atoms with E-state index < -0.39 is 0 Å². The fraction of sp³-hybridized carbons (Fsp3) is 0.769. The van der Waals surface area contributed by atoms with Crippen LogP contribution in [0.4, 0.5) is 0 Å². The van der Waals surface area contributed by atoms with E-state index in [0.29, 0.717) is 5.92 Å². The second-order valence-corrected chi connectivity index (χ2v) is 5.37. The molecule has 4 nitrogen and oxygen atoms in total. The number of rotatable bonds is 5. The lowest BCUT2D eigenvalue weighted by Gasteiger charge is -2.21. The summed E-state index contributed by atoms with van der Waals surface area (Å²) < 4.78 is 2.20. The average molecular weight is 236 g/mol. The Morgan fingerprint density at radius 2 is 2.00 bits per heavy atom. The summed E-state index contributed by atoms with van der Waals surface area (Å²) in [5, 5.41) is 0. The van der Waals surface area contributed by atoms with Crippen molar-refractivity contribution < 1.29 is 0 Å². The van der Waals surface area contributed by atoms with Crippen LogP contribution < -0.4 is 5.73 Å². The van der Waals surface area contributed by atoms with Crippen LogP contribution >= 0.6 is 0 Å². The van der Waals surface area contributed by atoms with E-state index in [1.165, 1.54) is 32.5 Å². The third-order valence-corrected chi connectivity index (χ3v) is 3.49. The lowest BCUT2D eigenvalue weighted by Crippen LogP contribution is -2.28. The van der Waals surface area contributed by atoms with Crippen molar-refractivity contribution in [1.29, 1.82) is 0 Å². The van der Waals surface area contributed by atoms with Crippen LogP contribution in [-0.4, -0.2) is 34.1 Å². The van der Waals surface area contributed by atoms with E-state index in [9.17, 15) is 0 Å². The lowest BCUT2D eigenvalue weighted by atomic mass is 10.1. The molecule has 0 aliphatic carbocycles. The van der Waals surface area contributed by atoms with Gasteiger partial charge in [-0.1, -0.05) is 6.92 Å². The Morgan fingerprint density at radius 3 is 2.65 bits per heavy atom. The number of hydrogen-bond donors (Lipinski definition) is 1. The maximum atomic E-state index is 5.93. The zero-order valence-electron chi connectivity index (χ0n) is 11.0. The molecule has 0 aromatic carbocycles. The minimum absolute atomic E-state index is 0.0662. The van der Waals surface area contributed by atoms with Crippen molar-refractivity contribution in [3.05, 3.63) is 18.2 Å². The fourth-order valence-electron chi connectivity index (χ4n) is 2.66. The first-order valence-electron chi connectivity index (χ1n) is 6.64. The number of nitrogens with zero attached hydrogens (tertiary/aromatic N) is 3. The molecule has 0 bridgehead atoms. The lowest BCUT2D eigenvalue weighted by molar-refractivity contribution is 0.270. The van der Waals surface area contributed by atoms with Crippen LogP contribution in [-0.2, 0) is 6.54 Å². The summed E-state index contributed by atoms with van der Waals surface area (Å²) in [6.07, 6.45) is 6.51. The molecule has 1 aliphatic rings. The van der Waals surface area contributed by atoms with Crippen molar-refractivity contribution >= 4 is 0 Å². The SMILES string of the molecule is CC(CN1CCCC1)Cn1cncc1[C@@H](C)N. The zero-order chi connectivity index (χ0) is 12.3. The fourth-order valence-corrected chi connectivity index (χ4v) is 2.66. The van der Waals surface area contributed by atoms with Gasteiger partial charge in [-0.25, -0.2) is 4.98 Å². The van der Waals surface area contributed by atoms with E-state index >= 15 is 0 Å². The zero-order valence-corrected chi connectivity index (χ0v) is 11.0. The van der Waals surface area contributed by atoms with Crippen LogP contribution in [0.3, 0.4) is 0 Å². The molecule has 2 atom stereocenters. The van der Waals surface area contributed by atoms with E-state index in [-0.39, 0.29) is 6.04 Å². The van der Waals surface area contributed by atoms with Crippen molar-refractivity contribution in [1.82, 2.24) is 14.5 Å². The standard InChI is InChI=1S/C13H24N4/c1-11(8-16-5-3-4-6-16)9-17-10-15-7-13(17)12(2)14/h7,10-12H,3-6,8-9,14H2,1-2H3/t11?,12-/m1/s1. The smallest absolute Gasteiger partial charge is 0.0948 e. The highest BCUT2D eigenvalue weighted by atomic mass is 15.1. The maximum Gasteiger partial charge on any atom is 0.0948 e. The molecular formula is C13H24N4. The molecule has 17 heavy (non-hydrogen) atoms. The summed E-state index contributed by atoms with van der Waals surface area (Å²) in [4.78, 5) is 6.76. The molecule has 0 amide bonds. The van der Waals surface area contributed by atoms with E-state index in [0.717, 1.165) is 12.2 Å². The van der Waals surface area contributed by atoms with Gasteiger partial charge < -0.3 is 15.2 Å². The highest BCUT2D eigenvalue weighted by Gasteiger charge is 2.16. The third-order valence-electron chi connectivity index (χ3n) is 3.49. The van der Waals surface area contributed by atoms with E-state index in [1.807, 2.05) is 19.4 Å². The average Bonchev–Trinajstić information content (AvgIpc) is 2.88. The topological polar surface area (TPSA) is 47.1 Å². The van der Waals surface area contributed by atoms with Gasteiger partial charge in [-0.2, -0.15) is 0 Å². The van der Waals surface area contributed by atoms with E-state index in [1.54, 1.807) is 0 Å². The van der Waals surface area contributed by atoms with Crippen LogP contribution in [0, 0.1) is 5.92 Å². The molecule has 0 saturated carbocycles. The van der Waals surface area contributed by atoms with Crippen LogP contribution in [0.15, 0.2) is 12.5 Å². The van der Waals surface area contributed by atoms with Gasteiger partial charge >= 0.3 is 0 Å². The summed E-state index contributed by atoms with van der Waals surface area (Å²) in [7, 11) is 0. The molecule has 96 valence electrons. The molecule has 1 aliphatic heterocycles. The highest BCUT2D eigenvalue weighted by Crippen LogP contribution is 2.14. The van der Waals surface area contributed by atoms with Gasteiger partial charge in [0.1, 0.15) is 0 Å². The Labute approximate surface area is 104 Å². The van der Waals surface area contributed by atoms with Gasteiger partial charge in [0.15, 0.2) is 0 Å². The number of hydrogen-bond acceptors (Lipinski definition) is 3. The number of nitrogens with two attached hydrogens (primary N) is 1. The minimum Gasteiger partial charge on any atom is -0.333 e. The van der Waals surface area contributed by atoms with Crippen molar-refractivity contribution in [2.24, 2.45) is 11.7 Å². The van der Waals surface area contributed by atoms with Crippen molar-refractivity contribution in [3.63, 3.8) is 0 Å². The van der Waals surface area contributed by atoms with Gasteiger partial charge in [0, 0.05) is 25.3 Å². The highest BCUT2D eigenvalue weighted by molar-refractivity contribution is 5.03. The largest absolute Gasteiger partial charge is 0.333 e. The number of imidazole rings is 1. The molecule has 1 unspecified atom stereocenters. The molecule has 1 saturated heterocycles. The first-order valence-corrected chi connectivity index (χ1v) is 6.64. The van der Waals surface area contributed by atoms with E-state index in [2.05, 4.69) is 21.4 Å². The number of aromatic nitrogens is 2. The predicted octanol–water partition coefficient (Wildman–Crippen LogP) is 1.63. The van der Waals surface area contributed by atoms with Crippen molar-refractivity contribution in [2.75, 3.05) is 19.6 Å². The second kappa shape index (κ2) is 5.65. The predicted molar refractivity (Wildman–Crippen MR) is 69.7 cm³/mol. The number of likely N-dealkylation sites (tertiary alicyclic amines) is 1. The quantitative estimate of drug-likeness (QED) is 0.845. The van der Waals surface area contributed by atoms with Crippen molar-refractivity contribution in [2.45, 2.75) is 39.3 Å². The second-order valence-electron chi connectivity index (χ2n) is 5.37. The van der Waals surface area contributed by atoms with E-state index in [4.69, 9.17) is 5.73 Å². The van der Waals surface area contributed by atoms with Gasteiger partial charge in [-0.05, 0) is 38.8 Å². The first-order chi connectivity index (χ1) is 8.16. The summed E-state index contributed by atoms with van der Waals surface area (Å²) in [6, 6.07) is 0.0662. The summed E-state index contributed by atoms with van der Waals surface area (Å²) in [6.45, 7) is 9.08. The van der Waals surface area contributed by atoms with Gasteiger partial charge in [-0.15, -0.1) is 0 Å². The van der Waals surface area contributed by atoms with Crippen LogP contribution in [0.1, 0.15) is 38.4 Å². The normalized spacial score (nSPS) is 20.6. The summed E-state index contributed by atoms with van der Waals surface area (Å²) >= 11 is 0. The summed E-state index contributed by atoms with van der Waals surface area (Å²) in [5.41, 5.74) is 7.06. The molecule has 0 spiro atoms. The first kappa shape index (κ1) is 12.6. The molecule has 1 aromatic rings. The molecule has 2 rings (SSSR count). The molecular weight excluding hydrogens is 212 g/mol. The van der Waals surface area contributed by atoms with Gasteiger partial charge in [-0.3, -0.25) is 0 Å². The van der Waals surface area contributed by atoms with Gasteiger partial charge in [0.2, 0.25) is 0 Å². The third kappa shape index (κ3) is 3.30. The monoisotopic (exact) mass is 236 g/mol. The maximum absolute atomic E-state index is 5.93. The Kier molecular flexibility index (Phi) is 4.18. The molecule has 1 fully saturated rings. The van der Waals surface area contributed by atoms with Crippen LogP contribution in [0.5, 0.6) is 0 Å². The van der Waals surface area contributed by atoms with Gasteiger partial charge in [0.25, 0.3) is 0 Å². The van der Waals surface area contributed by atoms with Crippen LogP contribution in [0.25, 0.3) is 0 Å². The van der Waals surface area contributed by atoms with Gasteiger partial charge in [0.05, 0.1) is 12.0 Å². The Bertz CT molecular complexity index is 339. The summed E-state index contributed by atoms with van der Waals surface area (Å²) in [5.74, 6) is 0.653. The molecule has 1 aromatic heterocycles.